The third kappa shape index (κ3) is 9.50. The largest absolute Gasteiger partial charge is 0.462 e. The number of thiophene rings is 1. The van der Waals surface area contributed by atoms with Crippen LogP contribution in [-0.2, 0) is 27.2 Å². The molecule has 4 aromatic rings. The number of esters is 1. The zero-order valence-corrected chi connectivity index (χ0v) is 32.0. The van der Waals surface area contributed by atoms with E-state index < -0.39 is 28.9 Å². The number of carbonyl (C=O) groups excluding carboxylic acids is 4. The molecule has 3 N–H and O–H groups in total. The number of nitrogens with one attached hydrogen (secondary N) is 3. The lowest BCUT2D eigenvalue weighted by Crippen LogP contribution is -2.30. The van der Waals surface area contributed by atoms with E-state index in [1.54, 1.807) is 68.4 Å². The molecule has 1 aliphatic carbocycles. The lowest BCUT2D eigenvalue weighted by atomic mass is 9.72. The Balaban J connectivity index is 1.32. The summed E-state index contributed by atoms with van der Waals surface area (Å²) >= 11 is 8.96. The summed E-state index contributed by atoms with van der Waals surface area (Å²) in [6.45, 7) is 10.4. The Morgan fingerprint density at radius 3 is 2.46 bits per heavy atom. The topological polar surface area (TPSA) is 114 Å². The van der Waals surface area contributed by atoms with Gasteiger partial charge in [0.05, 0.1) is 22.4 Å². The lowest BCUT2D eigenvalue weighted by molar-refractivity contribution is -0.115. The first-order chi connectivity index (χ1) is 24.7. The van der Waals surface area contributed by atoms with Gasteiger partial charge in [-0.15, -0.1) is 23.1 Å². The monoisotopic (exact) mass is 761 g/mol. The average molecular weight is 762 g/mol. The van der Waals surface area contributed by atoms with Crippen molar-refractivity contribution in [2.24, 2.45) is 11.3 Å². The van der Waals surface area contributed by atoms with Crippen LogP contribution in [0.15, 0.2) is 83.4 Å². The molecule has 272 valence electrons. The van der Waals surface area contributed by atoms with Crippen molar-refractivity contribution < 1.29 is 28.3 Å². The first kappa shape index (κ1) is 38.8. The van der Waals surface area contributed by atoms with Crippen LogP contribution in [0.1, 0.15) is 77.8 Å². The van der Waals surface area contributed by atoms with Crippen LogP contribution in [0.25, 0.3) is 6.08 Å². The van der Waals surface area contributed by atoms with Crippen molar-refractivity contribution in [3.05, 3.63) is 116 Å². The minimum Gasteiger partial charge on any atom is -0.462 e. The molecule has 2 atom stereocenters. The molecule has 8 nitrogen and oxygen atoms in total. The summed E-state index contributed by atoms with van der Waals surface area (Å²) in [6, 6.07) is 19.3. The van der Waals surface area contributed by atoms with E-state index in [9.17, 15) is 23.6 Å². The van der Waals surface area contributed by atoms with Gasteiger partial charge in [-0.1, -0.05) is 62.7 Å². The summed E-state index contributed by atoms with van der Waals surface area (Å²) < 4.78 is 20.1. The summed E-state index contributed by atoms with van der Waals surface area (Å²) in [7, 11) is 0. The van der Waals surface area contributed by atoms with Crippen LogP contribution >= 0.6 is 34.7 Å². The summed E-state index contributed by atoms with van der Waals surface area (Å²) in [4.78, 5) is 55.0. The predicted octanol–water partition coefficient (Wildman–Crippen LogP) is 9.40. The Morgan fingerprint density at radius 2 is 1.77 bits per heavy atom. The van der Waals surface area contributed by atoms with Gasteiger partial charge in [0.25, 0.3) is 11.8 Å². The Morgan fingerprint density at radius 1 is 1.04 bits per heavy atom. The Hall–Kier alpha value is -4.45. The molecule has 0 spiro atoms. The highest BCUT2D eigenvalue weighted by Crippen LogP contribution is 2.45. The first-order valence-electron chi connectivity index (χ1n) is 17.0. The molecule has 1 aromatic heterocycles. The van der Waals surface area contributed by atoms with Crippen LogP contribution in [0.4, 0.5) is 15.1 Å². The molecule has 3 aromatic carbocycles. The molecule has 1 aliphatic rings. The summed E-state index contributed by atoms with van der Waals surface area (Å²) in [5, 5.41) is 8.34. The van der Waals surface area contributed by atoms with Crippen molar-refractivity contribution in [1.29, 1.82) is 0 Å². The average Bonchev–Trinajstić information content (AvgIpc) is 3.46. The van der Waals surface area contributed by atoms with Crippen LogP contribution in [0.5, 0.6) is 0 Å². The Kier molecular flexibility index (Phi) is 12.6. The standard InChI is InChI=1S/C40H41ClFN3O5S2/c1-6-50-39(49)34-28-19-18-25(40(3,4)5)20-33(28)52-38(34)45-35(46)23(2)51-27-15-10-14-26(21-27)43-37(48)32(22-29-30(41)16-11-17-31(29)42)44-36(47)24-12-8-7-9-13-24/h7-17,21-23,25H,6,18-20H2,1-5H3,(H,43,48)(H,44,47)(H,45,46)/b32-22+. The molecule has 2 unspecified atom stereocenters. The zero-order chi connectivity index (χ0) is 37.6. The molecule has 0 radical (unpaired) electrons. The minimum atomic E-state index is -0.710. The van der Waals surface area contributed by atoms with Crippen molar-refractivity contribution in [1.82, 2.24) is 5.32 Å². The van der Waals surface area contributed by atoms with Crippen molar-refractivity contribution >= 4 is 75.2 Å². The normalized spacial score (nSPS) is 14.9. The molecular formula is C40H41ClFN3O5S2. The maximum absolute atomic E-state index is 14.7. The van der Waals surface area contributed by atoms with E-state index in [0.717, 1.165) is 29.7 Å². The number of carbonyl (C=O) groups is 4. The number of fused-ring (bicyclic) bond motifs is 1. The first-order valence-corrected chi connectivity index (χ1v) is 19.0. The molecule has 0 aliphatic heterocycles. The van der Waals surface area contributed by atoms with Crippen LogP contribution in [0.3, 0.4) is 0 Å². The van der Waals surface area contributed by atoms with Crippen LogP contribution < -0.4 is 16.0 Å². The van der Waals surface area contributed by atoms with E-state index in [4.69, 9.17) is 16.3 Å². The number of benzene rings is 3. The number of hydrogen-bond acceptors (Lipinski definition) is 7. The summed E-state index contributed by atoms with van der Waals surface area (Å²) in [6.07, 6.45) is 3.74. The molecule has 5 rings (SSSR count). The number of ether oxygens (including phenoxy) is 1. The van der Waals surface area contributed by atoms with Crippen LogP contribution in [0.2, 0.25) is 5.02 Å². The van der Waals surface area contributed by atoms with Crippen molar-refractivity contribution in [3.8, 4) is 0 Å². The number of hydrogen-bond donors (Lipinski definition) is 3. The predicted molar refractivity (Wildman–Crippen MR) is 208 cm³/mol. The van der Waals surface area contributed by atoms with Crippen molar-refractivity contribution in [3.63, 3.8) is 0 Å². The fraction of sp³-hybridized carbons (Fsp3) is 0.300. The molecule has 12 heteroatoms. The SMILES string of the molecule is CCOC(=O)c1c(NC(=O)C(C)Sc2cccc(NC(=O)/C(=C\c3c(F)cccc3Cl)NC(=O)c3ccccc3)c2)sc2c1CCC(C(C)(C)C)C2. The van der Waals surface area contributed by atoms with Gasteiger partial charge in [-0.3, -0.25) is 14.4 Å². The minimum absolute atomic E-state index is 0.0569. The van der Waals surface area contributed by atoms with E-state index in [-0.39, 0.29) is 34.2 Å². The maximum Gasteiger partial charge on any atom is 0.341 e. The molecule has 52 heavy (non-hydrogen) atoms. The van der Waals surface area contributed by atoms with Gasteiger partial charge >= 0.3 is 5.97 Å². The summed E-state index contributed by atoms with van der Waals surface area (Å²) in [5.41, 5.74) is 1.94. The Bertz CT molecular complexity index is 1990. The van der Waals surface area contributed by atoms with Gasteiger partial charge in [0, 0.05) is 26.6 Å². The number of rotatable bonds is 11. The molecular weight excluding hydrogens is 721 g/mol. The quantitative estimate of drug-likeness (QED) is 0.0798. The van der Waals surface area contributed by atoms with Crippen molar-refractivity contribution in [2.45, 2.75) is 64.0 Å². The zero-order valence-electron chi connectivity index (χ0n) is 29.6. The highest BCUT2D eigenvalue weighted by atomic mass is 35.5. The third-order valence-corrected chi connectivity index (χ3v) is 11.4. The molecule has 0 saturated heterocycles. The smallest absolute Gasteiger partial charge is 0.341 e. The van der Waals surface area contributed by atoms with E-state index in [2.05, 4.69) is 36.7 Å². The fourth-order valence-electron chi connectivity index (χ4n) is 5.88. The van der Waals surface area contributed by atoms with Gasteiger partial charge in [-0.25, -0.2) is 9.18 Å². The number of halogens is 2. The van der Waals surface area contributed by atoms with Crippen molar-refractivity contribution in [2.75, 3.05) is 17.2 Å². The second-order valence-corrected chi connectivity index (χ2v) is 16.4. The number of thioether (sulfide) groups is 1. The third-order valence-electron chi connectivity index (χ3n) is 8.80. The van der Waals surface area contributed by atoms with Gasteiger partial charge in [-0.2, -0.15) is 0 Å². The van der Waals surface area contributed by atoms with E-state index in [0.29, 0.717) is 32.6 Å². The maximum atomic E-state index is 14.7. The van der Waals surface area contributed by atoms with E-state index in [1.807, 2.05) is 0 Å². The van der Waals surface area contributed by atoms with E-state index >= 15 is 0 Å². The highest BCUT2D eigenvalue weighted by molar-refractivity contribution is 8.00. The van der Waals surface area contributed by atoms with Crippen LogP contribution in [0, 0.1) is 17.2 Å². The Labute approximate surface area is 316 Å². The molecule has 1 heterocycles. The highest BCUT2D eigenvalue weighted by Gasteiger charge is 2.35. The van der Waals surface area contributed by atoms with Gasteiger partial charge in [0.2, 0.25) is 5.91 Å². The van der Waals surface area contributed by atoms with E-state index in [1.165, 1.54) is 47.4 Å². The lowest BCUT2D eigenvalue weighted by Gasteiger charge is -2.33. The van der Waals surface area contributed by atoms with Gasteiger partial charge in [0.1, 0.15) is 16.5 Å². The molecule has 0 bridgehead atoms. The van der Waals surface area contributed by atoms with Gasteiger partial charge in [-0.05, 0) is 98.5 Å². The summed E-state index contributed by atoms with van der Waals surface area (Å²) in [5.74, 6) is -2.19. The van der Waals surface area contributed by atoms with Gasteiger partial charge < -0.3 is 20.7 Å². The van der Waals surface area contributed by atoms with Crippen LogP contribution in [-0.4, -0.2) is 35.5 Å². The molecule has 0 fully saturated rings. The fourth-order valence-corrected chi connectivity index (χ4v) is 8.35. The second-order valence-electron chi connectivity index (χ2n) is 13.5. The molecule has 0 saturated carbocycles. The van der Waals surface area contributed by atoms with Gasteiger partial charge in [0.15, 0.2) is 0 Å². The molecule has 3 amide bonds. The number of amides is 3. The second kappa shape index (κ2) is 16.9. The number of anilines is 2.